The third-order valence-electron chi connectivity index (χ3n) is 2.25. The van der Waals surface area contributed by atoms with E-state index in [1.807, 2.05) is 18.3 Å². The molecule has 1 heterocycles. The lowest BCUT2D eigenvalue weighted by Gasteiger charge is -1.86. The van der Waals surface area contributed by atoms with E-state index in [2.05, 4.69) is 11.9 Å². The van der Waals surface area contributed by atoms with Crippen LogP contribution in [0.15, 0.2) is 35.3 Å². The zero-order valence-electron chi connectivity index (χ0n) is 7.50. The number of aromatic nitrogens is 1. The molecule has 0 saturated heterocycles. The fourth-order valence-electron chi connectivity index (χ4n) is 1.54. The molecule has 0 bridgehead atoms. The van der Waals surface area contributed by atoms with Crippen molar-refractivity contribution in [2.75, 3.05) is 0 Å². The minimum atomic E-state index is 0.0553. The molecule has 2 rings (SSSR count). The largest absolute Gasteiger partial charge is 0.358 e. The molecule has 13 heavy (non-hydrogen) atoms. The summed E-state index contributed by atoms with van der Waals surface area (Å²) in [5, 5.41) is 1.04. The smallest absolute Gasteiger partial charge is 0.202 e. The summed E-state index contributed by atoms with van der Waals surface area (Å²) in [7, 11) is 0. The van der Waals surface area contributed by atoms with Crippen LogP contribution in [0.5, 0.6) is 0 Å². The number of hydrogen-bond acceptors (Lipinski definition) is 1. The standard InChI is InChI=1S/C11H11NO/c1-2-8-7-12-11-9(8)5-3-4-6-10(11)13/h3-7,12H,2H2,1H3. The summed E-state index contributed by atoms with van der Waals surface area (Å²) in [4.78, 5) is 14.5. The van der Waals surface area contributed by atoms with Gasteiger partial charge in [0.05, 0.1) is 5.52 Å². The van der Waals surface area contributed by atoms with Crippen LogP contribution in [0.2, 0.25) is 0 Å². The van der Waals surface area contributed by atoms with Gasteiger partial charge in [-0.15, -0.1) is 0 Å². The van der Waals surface area contributed by atoms with E-state index in [0.29, 0.717) is 5.52 Å². The molecule has 2 heteroatoms. The van der Waals surface area contributed by atoms with E-state index in [1.165, 1.54) is 5.56 Å². The van der Waals surface area contributed by atoms with E-state index in [4.69, 9.17) is 0 Å². The maximum absolute atomic E-state index is 11.5. The molecule has 1 aromatic carbocycles. The van der Waals surface area contributed by atoms with Gasteiger partial charge in [-0.05, 0) is 18.1 Å². The van der Waals surface area contributed by atoms with Crippen molar-refractivity contribution < 1.29 is 0 Å². The van der Waals surface area contributed by atoms with E-state index in [9.17, 15) is 4.79 Å². The van der Waals surface area contributed by atoms with Gasteiger partial charge in [-0.2, -0.15) is 0 Å². The lowest BCUT2D eigenvalue weighted by atomic mass is 10.2. The van der Waals surface area contributed by atoms with Gasteiger partial charge in [0.25, 0.3) is 0 Å². The Morgan fingerprint density at radius 3 is 2.85 bits per heavy atom. The van der Waals surface area contributed by atoms with Crippen LogP contribution in [-0.4, -0.2) is 4.98 Å². The van der Waals surface area contributed by atoms with Gasteiger partial charge in [-0.1, -0.05) is 25.1 Å². The normalized spacial score (nSPS) is 10.5. The molecule has 1 N–H and O–H groups in total. The van der Waals surface area contributed by atoms with E-state index in [-0.39, 0.29) is 5.43 Å². The third-order valence-corrected chi connectivity index (χ3v) is 2.25. The summed E-state index contributed by atoms with van der Waals surface area (Å²) in [6, 6.07) is 7.23. The molecule has 1 aromatic heterocycles. The zero-order valence-corrected chi connectivity index (χ0v) is 7.50. The summed E-state index contributed by atoms with van der Waals surface area (Å²) >= 11 is 0. The van der Waals surface area contributed by atoms with E-state index < -0.39 is 0 Å². The summed E-state index contributed by atoms with van der Waals surface area (Å²) in [6.07, 6.45) is 2.86. The average molecular weight is 173 g/mol. The van der Waals surface area contributed by atoms with Crippen molar-refractivity contribution in [3.05, 3.63) is 46.2 Å². The summed E-state index contributed by atoms with van der Waals surface area (Å²) in [5.74, 6) is 0. The summed E-state index contributed by atoms with van der Waals surface area (Å²) < 4.78 is 0. The highest BCUT2D eigenvalue weighted by atomic mass is 16.1. The molecule has 0 saturated carbocycles. The second kappa shape index (κ2) is 3.05. The van der Waals surface area contributed by atoms with Crippen molar-refractivity contribution in [1.29, 1.82) is 0 Å². The molecule has 0 spiro atoms. The van der Waals surface area contributed by atoms with Crippen LogP contribution >= 0.6 is 0 Å². The van der Waals surface area contributed by atoms with E-state index in [0.717, 1.165) is 11.8 Å². The lowest BCUT2D eigenvalue weighted by molar-refractivity contribution is 1.15. The molecule has 0 aliphatic carbocycles. The molecule has 2 aromatic rings. The van der Waals surface area contributed by atoms with Gasteiger partial charge in [0, 0.05) is 11.6 Å². The quantitative estimate of drug-likeness (QED) is 0.703. The first kappa shape index (κ1) is 8.05. The Hall–Kier alpha value is -1.57. The Morgan fingerprint density at radius 1 is 1.31 bits per heavy atom. The summed E-state index contributed by atoms with van der Waals surface area (Å²) in [6.45, 7) is 2.08. The van der Waals surface area contributed by atoms with Gasteiger partial charge >= 0.3 is 0 Å². The predicted octanol–water partition coefficient (Wildman–Crippen LogP) is 2.09. The monoisotopic (exact) mass is 173 g/mol. The van der Waals surface area contributed by atoms with Crippen molar-refractivity contribution in [3.63, 3.8) is 0 Å². The van der Waals surface area contributed by atoms with Gasteiger partial charge in [0.2, 0.25) is 5.43 Å². The number of fused-ring (bicyclic) bond motifs is 1. The van der Waals surface area contributed by atoms with Gasteiger partial charge in [0.15, 0.2) is 0 Å². The summed E-state index contributed by atoms with van der Waals surface area (Å²) in [5.41, 5.74) is 1.96. The molecule has 0 fully saturated rings. The Kier molecular flexibility index (Phi) is 1.89. The molecule has 0 aliphatic heterocycles. The van der Waals surface area contributed by atoms with E-state index >= 15 is 0 Å². The fourth-order valence-corrected chi connectivity index (χ4v) is 1.54. The Bertz CT molecular complexity index is 485. The van der Waals surface area contributed by atoms with E-state index in [1.54, 1.807) is 12.1 Å². The number of H-pyrrole nitrogens is 1. The molecule has 0 amide bonds. The van der Waals surface area contributed by atoms with Crippen LogP contribution in [0.1, 0.15) is 12.5 Å². The first-order valence-electron chi connectivity index (χ1n) is 4.42. The fraction of sp³-hybridized carbons (Fsp3) is 0.182. The highest BCUT2D eigenvalue weighted by Crippen LogP contribution is 2.13. The molecule has 0 aliphatic rings. The van der Waals surface area contributed by atoms with Crippen LogP contribution < -0.4 is 5.43 Å². The second-order valence-electron chi connectivity index (χ2n) is 3.04. The van der Waals surface area contributed by atoms with Gasteiger partial charge in [-0.3, -0.25) is 4.79 Å². The Balaban J connectivity index is 2.94. The van der Waals surface area contributed by atoms with Gasteiger partial charge in [-0.25, -0.2) is 0 Å². The maximum atomic E-state index is 11.5. The number of aryl methyl sites for hydroxylation is 1. The molecule has 66 valence electrons. The van der Waals surface area contributed by atoms with Crippen molar-refractivity contribution in [2.24, 2.45) is 0 Å². The minimum Gasteiger partial charge on any atom is -0.358 e. The zero-order chi connectivity index (χ0) is 9.26. The molecular formula is C11H11NO. The topological polar surface area (TPSA) is 32.9 Å². The van der Waals surface area contributed by atoms with Crippen molar-refractivity contribution >= 4 is 10.9 Å². The average Bonchev–Trinajstić information content (AvgIpc) is 2.47. The molecule has 2 nitrogen and oxygen atoms in total. The molecule has 0 radical (unpaired) electrons. The minimum absolute atomic E-state index is 0.0553. The number of aromatic amines is 1. The second-order valence-corrected chi connectivity index (χ2v) is 3.04. The van der Waals surface area contributed by atoms with Gasteiger partial charge < -0.3 is 4.98 Å². The third kappa shape index (κ3) is 1.24. The Labute approximate surface area is 76.2 Å². The highest BCUT2D eigenvalue weighted by Gasteiger charge is 2.01. The molecule has 0 unspecified atom stereocenters. The van der Waals surface area contributed by atoms with Crippen LogP contribution in [-0.2, 0) is 6.42 Å². The first-order chi connectivity index (χ1) is 6.33. The number of hydrogen-bond donors (Lipinski definition) is 1. The predicted molar refractivity (Wildman–Crippen MR) is 53.9 cm³/mol. The number of nitrogens with one attached hydrogen (secondary N) is 1. The molecule has 0 atom stereocenters. The highest BCUT2D eigenvalue weighted by molar-refractivity contribution is 5.82. The van der Waals surface area contributed by atoms with Crippen LogP contribution in [0.3, 0.4) is 0 Å². The van der Waals surface area contributed by atoms with Gasteiger partial charge in [0.1, 0.15) is 0 Å². The lowest BCUT2D eigenvalue weighted by Crippen LogP contribution is -1.93. The van der Waals surface area contributed by atoms with Crippen molar-refractivity contribution in [3.8, 4) is 0 Å². The maximum Gasteiger partial charge on any atom is 0.202 e. The molecular weight excluding hydrogens is 162 g/mol. The Morgan fingerprint density at radius 2 is 2.08 bits per heavy atom. The number of rotatable bonds is 1. The van der Waals surface area contributed by atoms with Crippen LogP contribution in [0, 0.1) is 0 Å². The van der Waals surface area contributed by atoms with Crippen molar-refractivity contribution in [2.45, 2.75) is 13.3 Å². The SMILES string of the molecule is CCc1c[nH]c2c(=O)ccccc12. The first-order valence-corrected chi connectivity index (χ1v) is 4.42. The van der Waals surface area contributed by atoms with Crippen LogP contribution in [0.25, 0.3) is 10.9 Å². The van der Waals surface area contributed by atoms with Crippen LogP contribution in [0.4, 0.5) is 0 Å². The van der Waals surface area contributed by atoms with Crippen molar-refractivity contribution in [1.82, 2.24) is 4.98 Å².